The summed E-state index contributed by atoms with van der Waals surface area (Å²) in [6, 6.07) is 43.1. The summed E-state index contributed by atoms with van der Waals surface area (Å²) in [6.45, 7) is 34.4. The minimum Gasteiger partial charge on any atom is -1.00 e. The lowest BCUT2D eigenvalue weighted by atomic mass is 9.76. The highest BCUT2D eigenvalue weighted by molar-refractivity contribution is 7.54. The van der Waals surface area contributed by atoms with Gasteiger partial charge in [-0.05, 0) is 159 Å². The standard InChI is InChI=1S/C40H56N2O8P2.C26H33N2O3P.C20H30NO5P.3ClH/c1-8-47-51(45,48-9-2)30-28-41-34-22-17-15-20-32(34)39(5,6)36(41)24-13-12-14-25-37-40(7,27-19-26-38(43)44)33-21-16-18-23-35(33)42(37)29-31-52(46,49-10-3)50-11-4;1-5-30-32(29,31-6-2)21-20-28-24-17-11-10-16-23(24)26(3,4)25(28)18-12-13-19-27-22-14-8-7-9-15-22;1-5-25-27(24,26-6-2)15-14-21-16(3)20(4,13-9-12-19(22)23)17-10-7-8-11-18(17)21;;;/h12-18,20-25H,8-11,19,26-31H2,1-7H3;7-19H,5-6,20-21H2,1-4H3;7-8,10-11H,5-6,9,12-15H2,1-4H3;3*1H. The van der Waals surface area contributed by atoms with Crippen LogP contribution in [0, 0.1) is 0 Å². The van der Waals surface area contributed by atoms with E-state index in [1.54, 1.807) is 0 Å². The van der Waals surface area contributed by atoms with E-state index >= 15 is 0 Å². The molecule has 4 heterocycles. The summed E-state index contributed by atoms with van der Waals surface area (Å²) in [7, 11) is -12.8. The molecule has 628 valence electrons. The van der Waals surface area contributed by atoms with Crippen molar-refractivity contribution in [2.24, 2.45) is 0 Å². The maximum absolute atomic E-state index is 13.5. The summed E-state index contributed by atoms with van der Waals surface area (Å²) in [5.41, 5.74) is 13.3. The van der Waals surface area contributed by atoms with Crippen LogP contribution >= 0.6 is 30.4 Å². The van der Waals surface area contributed by atoms with Gasteiger partial charge in [-0.25, -0.2) is 0 Å². The van der Waals surface area contributed by atoms with Crippen LogP contribution in [-0.2, 0) is 85.7 Å². The number of allylic oxidation sites excluding steroid dienone is 9. The highest BCUT2D eigenvalue weighted by Gasteiger charge is 2.49. The molecule has 0 aliphatic carbocycles. The van der Waals surface area contributed by atoms with Crippen molar-refractivity contribution in [2.45, 2.75) is 164 Å². The average Bonchev–Trinajstić information content (AvgIpc) is 1.61. The summed E-state index contributed by atoms with van der Waals surface area (Å²) >= 11 is 0. The van der Waals surface area contributed by atoms with Crippen LogP contribution in [0.1, 0.15) is 165 Å². The van der Waals surface area contributed by atoms with E-state index < -0.39 is 47.7 Å². The van der Waals surface area contributed by atoms with Gasteiger partial charge in [0.25, 0.3) is 0 Å². The molecule has 2 atom stereocenters. The second-order valence-corrected chi connectivity index (χ2v) is 37.4. The number of para-hydroxylation sites is 5. The first-order valence-electron chi connectivity index (χ1n) is 39.2. The van der Waals surface area contributed by atoms with Crippen LogP contribution in [0.15, 0.2) is 188 Å². The molecule has 0 fully saturated rings. The van der Waals surface area contributed by atoms with Crippen LogP contribution in [0.3, 0.4) is 0 Å². The predicted molar refractivity (Wildman–Crippen MR) is 450 cm³/mol. The van der Waals surface area contributed by atoms with Crippen LogP contribution in [0.4, 0.5) is 28.4 Å². The Morgan fingerprint density at radius 2 is 0.781 bits per heavy atom. The molecule has 4 aliphatic heterocycles. The van der Waals surface area contributed by atoms with E-state index in [1.165, 1.54) is 16.7 Å². The SMILES string of the molecule is CCOP(=O)(CCN1/C(=C/C=C/C=C/C2=[N+](CCP(=O)(OCC)OCC)c3ccccc3C2(C)C)C(C)(CCCC(=O)O)c2ccccc21)OCC.CCOP(=O)(CC[N+]1=C(/C=C/C=C/Nc2ccccc2)C(C)(C)c2ccccc21)OCC.CCOP(=O)(CC[N+]1=C(C)C(C)(CCCC(=O)O)c2ccccc21)OCC.[Cl-].[Cl-].[Cl-]. The van der Waals surface area contributed by atoms with Crippen LogP contribution in [-0.4, -0.2) is 157 Å². The first kappa shape index (κ1) is 100. The third kappa shape index (κ3) is 25.9. The second kappa shape index (κ2) is 46.8. The molecule has 0 bridgehead atoms. The van der Waals surface area contributed by atoms with Crippen LogP contribution < -0.4 is 47.4 Å². The molecular formula is C86H122Cl3N5O16P4. The van der Waals surface area contributed by atoms with E-state index in [0.717, 1.165) is 63.3 Å². The number of halogens is 3. The molecule has 0 radical (unpaired) electrons. The lowest BCUT2D eigenvalue weighted by Crippen LogP contribution is -3.00. The van der Waals surface area contributed by atoms with Gasteiger partial charge in [-0.1, -0.05) is 115 Å². The van der Waals surface area contributed by atoms with Crippen molar-refractivity contribution >= 4 is 87.9 Å². The number of aliphatic carboxylic acids is 2. The third-order valence-corrected chi connectivity index (χ3v) is 28.8. The van der Waals surface area contributed by atoms with Crippen molar-refractivity contribution < 1.29 is 125 Å². The van der Waals surface area contributed by atoms with Gasteiger partial charge in [0, 0.05) is 102 Å². The summed E-state index contributed by atoms with van der Waals surface area (Å²) in [5, 5.41) is 21.7. The van der Waals surface area contributed by atoms with Gasteiger partial charge >= 0.3 is 42.3 Å². The Morgan fingerprint density at radius 3 is 1.20 bits per heavy atom. The Morgan fingerprint density at radius 1 is 0.430 bits per heavy atom. The number of carbonyl (C=O) groups is 2. The molecule has 21 nitrogen and oxygen atoms in total. The number of carboxylic acids is 2. The fourth-order valence-corrected chi connectivity index (χ4v) is 21.5. The third-order valence-electron chi connectivity index (χ3n) is 20.6. The second-order valence-electron chi connectivity index (χ2n) is 28.6. The van der Waals surface area contributed by atoms with E-state index in [0.29, 0.717) is 97.4 Å². The fraction of sp³-hybridized carbons (Fsp3) is 0.477. The first-order valence-corrected chi connectivity index (χ1v) is 46.1. The summed E-state index contributed by atoms with van der Waals surface area (Å²) in [5.74, 6) is -1.59. The maximum Gasteiger partial charge on any atom is 0.337 e. The summed E-state index contributed by atoms with van der Waals surface area (Å²) < 4.78 is 104. The van der Waals surface area contributed by atoms with Gasteiger partial charge < -0.3 is 93.8 Å². The summed E-state index contributed by atoms with van der Waals surface area (Å²) in [6.07, 6.45) is 22.1. The molecule has 0 amide bonds. The van der Waals surface area contributed by atoms with Crippen molar-refractivity contribution in [3.05, 3.63) is 210 Å². The molecule has 4 aliphatic rings. The number of hydrogen-bond acceptors (Lipinski definition) is 16. The molecule has 0 saturated heterocycles. The van der Waals surface area contributed by atoms with Gasteiger partial charge in [-0.3, -0.25) is 27.8 Å². The molecular weight excluding hydrogens is 1590 g/mol. The maximum atomic E-state index is 13.5. The number of fused-ring (bicyclic) bond motifs is 4. The Balaban J connectivity index is 0.000000380. The minimum atomic E-state index is -3.32. The zero-order valence-electron chi connectivity index (χ0n) is 69.2. The molecule has 5 aromatic carbocycles. The minimum absolute atomic E-state index is 0. The highest BCUT2D eigenvalue weighted by atomic mass is 35.5. The van der Waals surface area contributed by atoms with Crippen molar-refractivity contribution in [2.75, 3.05) is 114 Å². The predicted octanol–water partition coefficient (Wildman–Crippen LogP) is 11.7. The van der Waals surface area contributed by atoms with Crippen molar-refractivity contribution in [3.63, 3.8) is 0 Å². The zero-order valence-corrected chi connectivity index (χ0v) is 75.0. The number of hydrogen-bond donors (Lipinski definition) is 3. The zero-order chi connectivity index (χ0) is 81.1. The van der Waals surface area contributed by atoms with E-state index in [9.17, 15) is 33.0 Å². The number of nitrogens with one attached hydrogen (secondary N) is 1. The number of anilines is 2. The van der Waals surface area contributed by atoms with Crippen molar-refractivity contribution in [3.8, 4) is 0 Å². The first-order chi connectivity index (χ1) is 53.0. The molecule has 2 unspecified atom stereocenters. The molecule has 5 aromatic rings. The van der Waals surface area contributed by atoms with E-state index in [2.05, 4.69) is 145 Å². The van der Waals surface area contributed by atoms with Crippen molar-refractivity contribution in [1.29, 1.82) is 0 Å². The topological polar surface area (TPSA) is 241 Å². The van der Waals surface area contributed by atoms with Crippen LogP contribution in [0.5, 0.6) is 0 Å². The molecule has 0 saturated carbocycles. The van der Waals surface area contributed by atoms with E-state index in [-0.39, 0.29) is 91.8 Å². The van der Waals surface area contributed by atoms with Gasteiger partial charge in [0.1, 0.15) is 18.5 Å². The molecule has 0 spiro atoms. The summed E-state index contributed by atoms with van der Waals surface area (Å²) in [4.78, 5) is 24.6. The normalized spacial score (nSPS) is 17.8. The smallest absolute Gasteiger partial charge is 0.337 e. The quantitative estimate of drug-likeness (QED) is 0.0187. The number of nitrogens with zero attached hydrogens (tertiary/aromatic N) is 4. The lowest BCUT2D eigenvalue weighted by Gasteiger charge is -2.31. The Kier molecular flexibility index (Phi) is 41.2. The van der Waals surface area contributed by atoms with Crippen LogP contribution in [0.25, 0.3) is 0 Å². The number of carboxylic acid groups (broad SMARTS) is 2. The lowest BCUT2D eigenvalue weighted by molar-refractivity contribution is -0.433. The number of benzene rings is 5. The van der Waals surface area contributed by atoms with Gasteiger partial charge in [0.15, 0.2) is 36.8 Å². The van der Waals surface area contributed by atoms with E-state index in [1.807, 2.05) is 165 Å². The molecule has 9 rings (SSSR count). The van der Waals surface area contributed by atoms with Crippen molar-refractivity contribution in [1.82, 2.24) is 0 Å². The van der Waals surface area contributed by atoms with Crippen LogP contribution in [0.2, 0.25) is 0 Å². The monoisotopic (exact) mass is 1710 g/mol. The fourth-order valence-electron chi connectivity index (χ4n) is 15.3. The largest absolute Gasteiger partial charge is 1.00 e. The Bertz CT molecular complexity index is 4410. The van der Waals surface area contributed by atoms with E-state index in [4.69, 9.17) is 41.3 Å². The van der Waals surface area contributed by atoms with Gasteiger partial charge in [0.2, 0.25) is 17.1 Å². The Hall–Kier alpha value is -6.18. The molecule has 114 heavy (non-hydrogen) atoms. The molecule has 28 heteroatoms. The molecule has 3 N–H and O–H groups in total. The highest BCUT2D eigenvalue weighted by Crippen LogP contribution is 2.55. The molecule has 0 aromatic heterocycles. The van der Waals surface area contributed by atoms with Gasteiger partial charge in [0.05, 0.1) is 75.3 Å². The Labute approximate surface area is 696 Å². The average molecular weight is 1710 g/mol. The van der Waals surface area contributed by atoms with Gasteiger partial charge in [-0.15, -0.1) is 0 Å². The number of rotatable bonds is 43. The van der Waals surface area contributed by atoms with Gasteiger partial charge in [-0.2, -0.15) is 13.7 Å².